The molecule has 17 nitrogen and oxygen atoms in total. The summed E-state index contributed by atoms with van der Waals surface area (Å²) in [5.41, 5.74) is 19.0. The zero-order valence-electron chi connectivity index (χ0n) is 35.5. The van der Waals surface area contributed by atoms with E-state index in [2.05, 4.69) is 20.3 Å². The summed E-state index contributed by atoms with van der Waals surface area (Å²) >= 11 is 0. The van der Waals surface area contributed by atoms with Crippen LogP contribution in [0.3, 0.4) is 0 Å². The fourth-order valence-corrected chi connectivity index (χ4v) is 10.7. The molecule has 4 aromatic rings. The number of hydrogen-bond acceptors (Lipinski definition) is 11. The molecule has 4 aromatic carbocycles. The Bertz CT molecular complexity index is 2640. The summed E-state index contributed by atoms with van der Waals surface area (Å²) in [4.78, 5) is 54.1. The zero-order valence-corrected chi connectivity index (χ0v) is 37.2. The quantitative estimate of drug-likeness (QED) is 0.0431. The number of primary amides is 1. The number of ether oxygens (including phenoxy) is 2. The van der Waals surface area contributed by atoms with Gasteiger partial charge in [0.25, 0.3) is 10.0 Å². The topological polar surface area (TPSA) is 260 Å². The number of nitrogens with one attached hydrogen (secondary N) is 3. The molecule has 63 heavy (non-hydrogen) atoms. The first-order chi connectivity index (χ1) is 29.7. The molecule has 1 unspecified atom stereocenters. The molecule has 7 rings (SSSR count). The number of sulfonamides is 1. The summed E-state index contributed by atoms with van der Waals surface area (Å²) < 4.78 is 63.4. The van der Waals surface area contributed by atoms with Crippen LogP contribution < -0.4 is 36.1 Å². The number of hydrogen-bond donors (Lipinski definition) is 6. The number of guanidine groups is 1. The lowest BCUT2D eigenvalue weighted by molar-refractivity contribution is -0.128. The van der Waals surface area contributed by atoms with Crippen LogP contribution >= 0.6 is 7.82 Å². The predicted molar refractivity (Wildman–Crippen MR) is 234 cm³/mol. The number of rotatable bonds is 14. The number of benzene rings is 4. The van der Waals surface area contributed by atoms with Gasteiger partial charge in [0, 0.05) is 36.4 Å². The second-order valence-electron chi connectivity index (χ2n) is 16.5. The van der Waals surface area contributed by atoms with Gasteiger partial charge in [0.05, 0.1) is 11.5 Å². The first kappa shape index (κ1) is 45.1. The zero-order chi connectivity index (χ0) is 45.4. The third kappa shape index (κ3) is 9.84. The second-order valence-corrected chi connectivity index (χ2v) is 19.5. The highest BCUT2D eigenvalue weighted by molar-refractivity contribution is 7.90. The summed E-state index contributed by atoms with van der Waals surface area (Å²) in [6.07, 6.45) is -0.290. The van der Waals surface area contributed by atoms with Gasteiger partial charge >= 0.3 is 13.9 Å². The average Bonchev–Trinajstić information content (AvgIpc) is 3.73. The van der Waals surface area contributed by atoms with E-state index in [1.54, 1.807) is 26.0 Å². The van der Waals surface area contributed by atoms with Gasteiger partial charge in [0.15, 0.2) is 0 Å². The standard InChI is InChI=1S/C44H51N6O11PS/c1-24-25(2)39(26(3)33-21-44(4,5)60-38(24)33)63(56,57)50-42(46)47-18-10-15-35(40(45)51)48-41(52)36(20-27-16-17-37-28(19-27)22-59-62(54,55)61-37)49-43(53)58-23-34-31-13-8-6-11-29(31)30-12-7-9-14-32(30)34/h6-9,11-14,16-17,19,34-36H,10,15,18,20-23H2,1-5H3,(H2,45,51)(H,48,52)(H,49,53)(H,54,55)(H3,46,47,50)/t35-,36-/m0/s1. The lowest BCUT2D eigenvalue weighted by Gasteiger charge is -2.24. The molecule has 2 heterocycles. The van der Waals surface area contributed by atoms with Crippen molar-refractivity contribution >= 4 is 41.7 Å². The molecule has 0 fully saturated rings. The molecule has 1 aliphatic carbocycles. The van der Waals surface area contributed by atoms with Crippen LogP contribution in [0.1, 0.15) is 77.1 Å². The van der Waals surface area contributed by atoms with Crippen LogP contribution in [0.4, 0.5) is 4.79 Å². The number of aliphatic imine (C=N–C) groups is 1. The van der Waals surface area contributed by atoms with Gasteiger partial charge in [-0.25, -0.2) is 22.5 Å². The van der Waals surface area contributed by atoms with Gasteiger partial charge in [0.1, 0.15) is 35.8 Å². The number of amides is 3. The van der Waals surface area contributed by atoms with Gasteiger partial charge in [-0.3, -0.25) is 24.0 Å². The van der Waals surface area contributed by atoms with E-state index in [-0.39, 0.29) is 61.5 Å². The number of nitrogens with zero attached hydrogens (tertiary/aromatic N) is 1. The van der Waals surface area contributed by atoms with Crippen molar-refractivity contribution in [2.45, 2.75) is 95.4 Å². The number of nitrogens with two attached hydrogens (primary N) is 2. The summed E-state index contributed by atoms with van der Waals surface area (Å²) in [7, 11) is -8.41. The smallest absolute Gasteiger partial charge is 0.487 e. The Hall–Kier alpha value is -5.94. The third-order valence-corrected chi connectivity index (χ3v) is 14.0. The van der Waals surface area contributed by atoms with Crippen molar-refractivity contribution in [2.75, 3.05) is 13.2 Å². The number of phosphoric acid groups is 1. The SMILES string of the molecule is Cc1c(C)c(S(=O)(=O)NC(N)=NCCC[C@H](NC(=O)[C@H](Cc2ccc3c(c2)COP(=O)(O)O3)NC(=O)OCC2c3ccccc3-c3ccccc32)C(N)=O)c(C)c2c1OC(C)(C)C2. The molecule has 0 radical (unpaired) electrons. The Kier molecular flexibility index (Phi) is 12.7. The van der Waals surface area contributed by atoms with Crippen LogP contribution in [0.25, 0.3) is 11.1 Å². The third-order valence-electron chi connectivity index (χ3n) is 11.5. The summed E-state index contributed by atoms with van der Waals surface area (Å²) in [5.74, 6) is -1.40. The first-order valence-electron chi connectivity index (χ1n) is 20.4. The minimum atomic E-state index is -4.26. The largest absolute Gasteiger partial charge is 0.527 e. The Morgan fingerprint density at radius 1 is 0.952 bits per heavy atom. The summed E-state index contributed by atoms with van der Waals surface area (Å²) in [5, 5.41) is 5.26. The van der Waals surface area contributed by atoms with Gasteiger partial charge in [-0.15, -0.1) is 0 Å². The summed E-state index contributed by atoms with van der Waals surface area (Å²) in [6, 6.07) is 17.8. The van der Waals surface area contributed by atoms with Crippen LogP contribution in [0.5, 0.6) is 11.5 Å². The average molecular weight is 903 g/mol. The van der Waals surface area contributed by atoms with E-state index in [1.165, 1.54) is 6.07 Å². The molecule has 3 atom stereocenters. The van der Waals surface area contributed by atoms with E-state index < -0.39 is 53.4 Å². The van der Waals surface area contributed by atoms with Crippen LogP contribution in [-0.4, -0.2) is 68.0 Å². The highest BCUT2D eigenvalue weighted by atomic mass is 32.2. The van der Waals surface area contributed by atoms with Crippen LogP contribution in [-0.2, 0) is 52.9 Å². The van der Waals surface area contributed by atoms with Gasteiger partial charge in [-0.1, -0.05) is 54.6 Å². The Morgan fingerprint density at radius 2 is 1.62 bits per heavy atom. The molecule has 3 amide bonds. The number of carbonyl (C=O) groups excluding carboxylic acids is 3. The van der Waals surface area contributed by atoms with E-state index in [0.717, 1.165) is 33.4 Å². The molecule has 0 spiro atoms. The molecule has 0 aromatic heterocycles. The van der Waals surface area contributed by atoms with Crippen LogP contribution in [0, 0.1) is 20.8 Å². The molecule has 19 heteroatoms. The van der Waals surface area contributed by atoms with E-state index in [9.17, 15) is 32.3 Å². The second kappa shape index (κ2) is 17.7. The van der Waals surface area contributed by atoms with E-state index in [0.29, 0.717) is 34.4 Å². The molecule has 0 bridgehead atoms. The maximum Gasteiger partial charge on any atom is 0.527 e. The number of fused-ring (bicyclic) bond motifs is 5. The lowest BCUT2D eigenvalue weighted by Crippen LogP contribution is -2.53. The molecule has 2 aliphatic heterocycles. The van der Waals surface area contributed by atoms with Gasteiger partial charge < -0.3 is 36.1 Å². The Labute approximate surface area is 365 Å². The highest BCUT2D eigenvalue weighted by Crippen LogP contribution is 2.50. The molecule has 0 saturated heterocycles. The maximum atomic E-state index is 13.9. The van der Waals surface area contributed by atoms with Crippen LogP contribution in [0.15, 0.2) is 76.6 Å². The fourth-order valence-electron chi connectivity index (χ4n) is 8.41. The van der Waals surface area contributed by atoms with Crippen molar-refractivity contribution in [3.63, 3.8) is 0 Å². The molecular formula is C44H51N6O11PS. The van der Waals surface area contributed by atoms with Crippen molar-refractivity contribution in [1.82, 2.24) is 15.4 Å². The van der Waals surface area contributed by atoms with E-state index in [4.69, 9.17) is 30.0 Å². The van der Waals surface area contributed by atoms with Crippen molar-refractivity contribution in [2.24, 2.45) is 16.5 Å². The van der Waals surface area contributed by atoms with Crippen molar-refractivity contribution < 1.29 is 50.8 Å². The van der Waals surface area contributed by atoms with Gasteiger partial charge in [-0.05, 0) is 104 Å². The van der Waals surface area contributed by atoms with Crippen molar-refractivity contribution in [3.05, 3.63) is 111 Å². The minimum absolute atomic E-state index is 0.00494. The number of alkyl carbamates (subject to hydrolysis) is 1. The Morgan fingerprint density at radius 3 is 2.29 bits per heavy atom. The molecule has 3 aliphatic rings. The van der Waals surface area contributed by atoms with Crippen LogP contribution in [0.2, 0.25) is 0 Å². The fraction of sp³-hybridized carbons (Fsp3) is 0.364. The monoisotopic (exact) mass is 902 g/mol. The molecule has 0 saturated carbocycles. The van der Waals surface area contributed by atoms with Crippen molar-refractivity contribution in [1.29, 1.82) is 0 Å². The Balaban J connectivity index is 1.01. The molecule has 334 valence electrons. The van der Waals surface area contributed by atoms with Gasteiger partial charge in [0.2, 0.25) is 17.8 Å². The maximum absolute atomic E-state index is 13.9. The molecular weight excluding hydrogens is 852 g/mol. The normalized spacial score (nSPS) is 18.3. The predicted octanol–water partition coefficient (Wildman–Crippen LogP) is 4.83. The summed E-state index contributed by atoms with van der Waals surface area (Å²) in [6.45, 7) is 8.87. The van der Waals surface area contributed by atoms with E-state index in [1.807, 2.05) is 69.3 Å². The van der Waals surface area contributed by atoms with Crippen molar-refractivity contribution in [3.8, 4) is 22.6 Å². The number of phosphoric ester groups is 1. The van der Waals surface area contributed by atoms with E-state index >= 15 is 0 Å². The number of carbonyl (C=O) groups is 3. The van der Waals surface area contributed by atoms with Gasteiger partial charge in [-0.2, -0.15) is 0 Å². The lowest BCUT2D eigenvalue weighted by atomic mass is 9.94. The highest BCUT2D eigenvalue weighted by Gasteiger charge is 2.37. The first-order valence-corrected chi connectivity index (χ1v) is 23.4. The minimum Gasteiger partial charge on any atom is -0.487 e. The molecule has 8 N–H and O–H groups in total.